The molecule has 0 saturated heterocycles. The summed E-state index contributed by atoms with van der Waals surface area (Å²) in [5.41, 5.74) is 7.26. The maximum absolute atomic E-state index is 12.9. The third kappa shape index (κ3) is 2.54. The summed E-state index contributed by atoms with van der Waals surface area (Å²) < 4.78 is 12.9. The Kier molecular flexibility index (Phi) is 3.61. The number of nitrogens with two attached hydrogens (primary N) is 1. The molecule has 1 aromatic carbocycles. The maximum atomic E-state index is 12.9. The minimum absolute atomic E-state index is 0.109. The van der Waals surface area contributed by atoms with Crippen molar-refractivity contribution in [1.82, 2.24) is 0 Å². The Labute approximate surface area is 83.2 Å². The highest BCUT2D eigenvalue weighted by Gasteiger charge is 2.07. The van der Waals surface area contributed by atoms with Crippen molar-refractivity contribution in [3.63, 3.8) is 0 Å². The van der Waals surface area contributed by atoms with Crippen LogP contribution < -0.4 is 5.73 Å². The second-order valence-electron chi connectivity index (χ2n) is 3.35. The van der Waals surface area contributed by atoms with Crippen LogP contribution in [-0.4, -0.2) is 0 Å². The van der Waals surface area contributed by atoms with E-state index in [1.165, 1.54) is 12.1 Å². The van der Waals surface area contributed by atoms with Crippen molar-refractivity contribution in [3.8, 4) is 6.07 Å². The highest BCUT2D eigenvalue weighted by molar-refractivity contribution is 5.28. The zero-order valence-corrected chi connectivity index (χ0v) is 8.13. The van der Waals surface area contributed by atoms with E-state index in [0.29, 0.717) is 13.0 Å². The Balaban J connectivity index is 2.94. The number of hydrogen-bond acceptors (Lipinski definition) is 2. The fourth-order valence-corrected chi connectivity index (χ4v) is 1.36. The van der Waals surface area contributed by atoms with E-state index < -0.39 is 0 Å². The topological polar surface area (TPSA) is 49.8 Å². The second kappa shape index (κ2) is 4.73. The average molecular weight is 192 g/mol. The number of nitrogens with zero attached hydrogens (tertiary/aromatic N) is 1. The molecule has 0 fully saturated rings. The highest BCUT2D eigenvalue weighted by Crippen LogP contribution is 2.15. The first-order valence-electron chi connectivity index (χ1n) is 4.54. The van der Waals surface area contributed by atoms with E-state index in [4.69, 9.17) is 11.0 Å². The number of hydrogen-bond donors (Lipinski definition) is 1. The lowest BCUT2D eigenvalue weighted by molar-refractivity contribution is 0.620. The van der Waals surface area contributed by atoms with Gasteiger partial charge in [-0.2, -0.15) is 5.26 Å². The molecule has 1 atom stereocenters. The summed E-state index contributed by atoms with van der Waals surface area (Å²) in [5, 5.41) is 8.65. The second-order valence-corrected chi connectivity index (χ2v) is 3.35. The molecule has 0 saturated carbocycles. The van der Waals surface area contributed by atoms with Crippen molar-refractivity contribution in [2.24, 2.45) is 11.7 Å². The molecule has 0 aliphatic heterocycles. The SMILES string of the molecule is CC(C#N)Cc1cc(F)ccc1CN. The van der Waals surface area contributed by atoms with Gasteiger partial charge in [0, 0.05) is 12.5 Å². The summed E-state index contributed by atoms with van der Waals surface area (Å²) in [7, 11) is 0. The van der Waals surface area contributed by atoms with Crippen LogP contribution in [0.5, 0.6) is 0 Å². The Morgan fingerprint density at radius 1 is 1.50 bits per heavy atom. The normalized spacial score (nSPS) is 12.1. The largest absolute Gasteiger partial charge is 0.326 e. The minimum Gasteiger partial charge on any atom is -0.326 e. The van der Waals surface area contributed by atoms with E-state index in [0.717, 1.165) is 11.1 Å². The molecule has 0 aliphatic carbocycles. The van der Waals surface area contributed by atoms with E-state index in [2.05, 4.69) is 6.07 Å². The van der Waals surface area contributed by atoms with Crippen molar-refractivity contribution < 1.29 is 4.39 Å². The molecule has 0 aliphatic rings. The van der Waals surface area contributed by atoms with Crippen LogP contribution in [0.15, 0.2) is 18.2 Å². The van der Waals surface area contributed by atoms with Gasteiger partial charge >= 0.3 is 0 Å². The Morgan fingerprint density at radius 2 is 2.21 bits per heavy atom. The van der Waals surface area contributed by atoms with Crippen LogP contribution >= 0.6 is 0 Å². The summed E-state index contributed by atoms with van der Waals surface area (Å²) in [6.45, 7) is 2.19. The van der Waals surface area contributed by atoms with Crippen LogP contribution in [-0.2, 0) is 13.0 Å². The van der Waals surface area contributed by atoms with Gasteiger partial charge in [-0.25, -0.2) is 4.39 Å². The van der Waals surface area contributed by atoms with Crippen LogP contribution in [0, 0.1) is 23.1 Å². The molecule has 0 bridgehead atoms. The molecule has 0 aromatic heterocycles. The third-order valence-corrected chi connectivity index (χ3v) is 2.13. The summed E-state index contributed by atoms with van der Waals surface area (Å²) in [6, 6.07) is 6.64. The predicted molar refractivity (Wildman–Crippen MR) is 52.8 cm³/mol. The maximum Gasteiger partial charge on any atom is 0.123 e. The van der Waals surface area contributed by atoms with Crippen molar-refractivity contribution in [3.05, 3.63) is 35.1 Å². The van der Waals surface area contributed by atoms with E-state index in [-0.39, 0.29) is 11.7 Å². The molecule has 1 unspecified atom stereocenters. The predicted octanol–water partition coefficient (Wildman–Crippen LogP) is 1.99. The first kappa shape index (κ1) is 10.7. The Hall–Kier alpha value is -1.40. The fourth-order valence-electron chi connectivity index (χ4n) is 1.36. The molecular formula is C11H13FN2. The van der Waals surface area contributed by atoms with Gasteiger partial charge in [-0.15, -0.1) is 0 Å². The molecule has 0 amide bonds. The summed E-state index contributed by atoms with van der Waals surface area (Å²) in [5.74, 6) is -0.385. The van der Waals surface area contributed by atoms with Gasteiger partial charge in [0.15, 0.2) is 0 Å². The van der Waals surface area contributed by atoms with Crippen molar-refractivity contribution in [2.45, 2.75) is 19.9 Å². The van der Waals surface area contributed by atoms with Gasteiger partial charge in [-0.1, -0.05) is 6.07 Å². The third-order valence-electron chi connectivity index (χ3n) is 2.13. The van der Waals surface area contributed by atoms with Crippen LogP contribution in [0.4, 0.5) is 4.39 Å². The number of benzene rings is 1. The molecule has 2 N–H and O–H groups in total. The van der Waals surface area contributed by atoms with Crippen molar-refractivity contribution in [2.75, 3.05) is 0 Å². The Bertz CT molecular complexity index is 355. The van der Waals surface area contributed by atoms with Gasteiger partial charge in [-0.3, -0.25) is 0 Å². The van der Waals surface area contributed by atoms with Crippen molar-refractivity contribution >= 4 is 0 Å². The van der Waals surface area contributed by atoms with Crippen LogP contribution in [0.2, 0.25) is 0 Å². The summed E-state index contributed by atoms with van der Waals surface area (Å²) in [6.07, 6.45) is 0.556. The molecule has 1 rings (SSSR count). The molecule has 3 heteroatoms. The number of nitriles is 1. The van der Waals surface area contributed by atoms with Gasteiger partial charge in [-0.05, 0) is 36.6 Å². The fraction of sp³-hybridized carbons (Fsp3) is 0.364. The lowest BCUT2D eigenvalue weighted by Crippen LogP contribution is -2.05. The lowest BCUT2D eigenvalue weighted by atomic mass is 9.97. The zero-order chi connectivity index (χ0) is 10.6. The summed E-state index contributed by atoms with van der Waals surface area (Å²) >= 11 is 0. The van der Waals surface area contributed by atoms with E-state index in [9.17, 15) is 4.39 Å². The minimum atomic E-state index is -0.276. The smallest absolute Gasteiger partial charge is 0.123 e. The van der Waals surface area contributed by atoms with Crippen molar-refractivity contribution in [1.29, 1.82) is 5.26 Å². The van der Waals surface area contributed by atoms with Gasteiger partial charge in [0.1, 0.15) is 5.82 Å². The Morgan fingerprint density at radius 3 is 2.79 bits per heavy atom. The van der Waals surface area contributed by atoms with E-state index in [1.54, 1.807) is 6.07 Å². The molecule has 74 valence electrons. The monoisotopic (exact) mass is 192 g/mol. The van der Waals surface area contributed by atoms with Gasteiger partial charge in [0.05, 0.1) is 6.07 Å². The van der Waals surface area contributed by atoms with E-state index in [1.807, 2.05) is 6.92 Å². The molecule has 14 heavy (non-hydrogen) atoms. The van der Waals surface area contributed by atoms with Gasteiger partial charge < -0.3 is 5.73 Å². The molecule has 0 radical (unpaired) electrons. The first-order valence-corrected chi connectivity index (χ1v) is 4.54. The van der Waals surface area contributed by atoms with Gasteiger partial charge in [0.25, 0.3) is 0 Å². The highest BCUT2D eigenvalue weighted by atomic mass is 19.1. The zero-order valence-electron chi connectivity index (χ0n) is 8.13. The lowest BCUT2D eigenvalue weighted by Gasteiger charge is -2.08. The van der Waals surface area contributed by atoms with E-state index >= 15 is 0 Å². The van der Waals surface area contributed by atoms with Crippen LogP contribution in [0.3, 0.4) is 0 Å². The molecule has 0 spiro atoms. The average Bonchev–Trinajstić information content (AvgIpc) is 2.18. The van der Waals surface area contributed by atoms with Crippen LogP contribution in [0.25, 0.3) is 0 Å². The number of halogens is 1. The molecule has 2 nitrogen and oxygen atoms in total. The standard InChI is InChI=1S/C11H13FN2/c1-8(6-13)4-10-5-11(12)3-2-9(10)7-14/h2-3,5,8H,4,7,14H2,1H3. The molecular weight excluding hydrogens is 179 g/mol. The van der Waals surface area contributed by atoms with Crippen LogP contribution in [0.1, 0.15) is 18.1 Å². The first-order chi connectivity index (χ1) is 6.67. The molecule has 1 aromatic rings. The number of rotatable bonds is 3. The quantitative estimate of drug-likeness (QED) is 0.796. The van der Waals surface area contributed by atoms with Gasteiger partial charge in [0.2, 0.25) is 0 Å². The molecule has 0 heterocycles. The summed E-state index contributed by atoms with van der Waals surface area (Å²) in [4.78, 5) is 0.